The van der Waals surface area contributed by atoms with E-state index in [0.717, 1.165) is 51.6 Å². The molecule has 17 nitrogen and oxygen atoms in total. The molecule has 3 saturated carbocycles. The Bertz CT molecular complexity index is 1610. The van der Waals surface area contributed by atoms with Crippen LogP contribution < -0.4 is 0 Å². The maximum Gasteiger partial charge on any atom is 0.187 e. The normalized spacial score (nSPS) is 57.6. The van der Waals surface area contributed by atoms with E-state index in [1.807, 2.05) is 0 Å². The molecule has 0 aromatic carbocycles. The van der Waals surface area contributed by atoms with Gasteiger partial charge in [-0.1, -0.05) is 39.3 Å². The zero-order chi connectivity index (χ0) is 44.2. The first-order chi connectivity index (χ1) is 29.4. The fourth-order valence-electron chi connectivity index (χ4n) is 14.0. The van der Waals surface area contributed by atoms with E-state index in [-0.39, 0.29) is 16.9 Å². The first kappa shape index (κ1) is 46.2. The zero-order valence-electron chi connectivity index (χ0n) is 36.6. The highest BCUT2D eigenvalue weighted by atomic mass is 16.8. The second-order valence-electron chi connectivity index (χ2n) is 21.1. The van der Waals surface area contributed by atoms with Crippen LogP contribution in [0.2, 0.25) is 0 Å². The molecule has 0 unspecified atom stereocenters. The number of aliphatic hydroxyl groups excluding tert-OH is 9. The molecular weight excluding hydrogens is 812 g/mol. The minimum absolute atomic E-state index is 0.0518. The summed E-state index contributed by atoms with van der Waals surface area (Å²) in [6, 6.07) is 0. The van der Waals surface area contributed by atoms with Crippen molar-refractivity contribution in [2.45, 2.75) is 203 Å². The molecule has 0 aromatic rings. The molecule has 0 bridgehead atoms. The van der Waals surface area contributed by atoms with Gasteiger partial charge in [0.05, 0.1) is 38.1 Å². The molecule has 8 fully saturated rings. The van der Waals surface area contributed by atoms with Crippen LogP contribution in [0.4, 0.5) is 0 Å². The van der Waals surface area contributed by atoms with Crippen molar-refractivity contribution in [2.75, 3.05) is 19.8 Å². The van der Waals surface area contributed by atoms with Gasteiger partial charge in [-0.3, -0.25) is 0 Å². The molecule has 1 spiro atoms. The quantitative estimate of drug-likeness (QED) is 0.148. The van der Waals surface area contributed by atoms with Gasteiger partial charge < -0.3 is 83.9 Å². The van der Waals surface area contributed by atoms with Crippen LogP contribution in [0.3, 0.4) is 0 Å². The lowest BCUT2D eigenvalue weighted by molar-refractivity contribution is -0.394. The Labute approximate surface area is 363 Å². The van der Waals surface area contributed by atoms with Crippen LogP contribution in [-0.4, -0.2) is 176 Å². The standard InChI is InChI=1S/C45H72O17/c1-19-8-13-45(55-18-19)20(2)30-27(62-45)15-26-24-7-6-22-14-23(9-11-43(22,4)25(24)10-12-44(26,30)5)57-42-39(61-41-37(54)35(52)32(49)28(16-46)58-41)38(33(50)29(17-47)59-42)60-40-36(53)34(51)31(48)21(3)56-40/h6,19-21,23-42,46-54H,7-18H2,1-5H3/t19-,20+,21-,23+,24+,25-,26-,27-,28-,29+,30+,31-,32-,33+,34+,35+,36+,37+,38-,39+,40+,41+,42+,43-,44-,45-/m1/s1. The van der Waals surface area contributed by atoms with Gasteiger partial charge in [0.25, 0.3) is 0 Å². The minimum atomic E-state index is -1.83. The Hall–Kier alpha value is -0.940. The lowest BCUT2D eigenvalue weighted by Crippen LogP contribution is -2.67. The van der Waals surface area contributed by atoms with E-state index in [1.165, 1.54) is 12.5 Å². The molecule has 62 heavy (non-hydrogen) atoms. The van der Waals surface area contributed by atoms with Gasteiger partial charge in [0, 0.05) is 12.3 Å². The van der Waals surface area contributed by atoms with Gasteiger partial charge in [-0.05, 0) is 98.7 Å². The molecule has 0 radical (unpaired) electrons. The van der Waals surface area contributed by atoms with Crippen LogP contribution in [0.1, 0.15) is 92.4 Å². The van der Waals surface area contributed by atoms with Crippen molar-refractivity contribution in [1.82, 2.24) is 0 Å². The van der Waals surface area contributed by atoms with E-state index in [9.17, 15) is 46.0 Å². The van der Waals surface area contributed by atoms with Crippen molar-refractivity contribution >= 4 is 0 Å². The summed E-state index contributed by atoms with van der Waals surface area (Å²) in [5.41, 5.74) is 1.45. The number of aliphatic hydroxyl groups is 9. The topological polar surface area (TPSA) is 256 Å². The summed E-state index contributed by atoms with van der Waals surface area (Å²) in [4.78, 5) is 0. The first-order valence-electron chi connectivity index (χ1n) is 23.4. The molecule has 0 aromatic heterocycles. The number of allylic oxidation sites excluding steroid dienone is 1. The van der Waals surface area contributed by atoms with Crippen molar-refractivity contribution in [2.24, 2.45) is 46.3 Å². The zero-order valence-corrected chi connectivity index (χ0v) is 36.6. The van der Waals surface area contributed by atoms with Gasteiger partial charge in [-0.2, -0.15) is 0 Å². The molecule has 17 heteroatoms. The van der Waals surface area contributed by atoms with E-state index >= 15 is 0 Å². The average molecular weight is 885 g/mol. The van der Waals surface area contributed by atoms with Crippen LogP contribution >= 0.6 is 0 Å². The summed E-state index contributed by atoms with van der Waals surface area (Å²) in [5.74, 6) is 2.51. The molecule has 9 rings (SSSR count). The summed E-state index contributed by atoms with van der Waals surface area (Å²) in [5, 5.41) is 95.8. The fraction of sp³-hybridized carbons (Fsp3) is 0.956. The van der Waals surface area contributed by atoms with E-state index in [1.54, 1.807) is 0 Å². The summed E-state index contributed by atoms with van der Waals surface area (Å²) < 4.78 is 50.3. The van der Waals surface area contributed by atoms with Gasteiger partial charge >= 0.3 is 0 Å². The SMILES string of the molecule is C[C@@H]1CC[C@@]2(OC1)O[C@@H]1C[C@@H]3[C@H]4CC=C5C[C@@H](O[C@H]6O[C@@H](CO)[C@H](O)[C@@H](O[C@@H]7O[C@H](C)[C@@H](O)[C@H](O)[C@@H]7O)[C@@H]6O[C@@H]6O[C@H](CO)[C@@H](O)[C@H](O)[C@@H]6O)CC[C@@]5(C)[C@@H]4CC[C@@]3(C)[C@H]1[C@@H]2C. The smallest absolute Gasteiger partial charge is 0.187 e. The van der Waals surface area contributed by atoms with Gasteiger partial charge in [0.2, 0.25) is 0 Å². The number of hydrogen-bond donors (Lipinski definition) is 9. The Morgan fingerprint density at radius 1 is 0.677 bits per heavy atom. The second-order valence-corrected chi connectivity index (χ2v) is 21.1. The molecule has 0 amide bonds. The Balaban J connectivity index is 0.941. The highest BCUT2D eigenvalue weighted by molar-refractivity contribution is 5.26. The third kappa shape index (κ3) is 7.49. The highest BCUT2D eigenvalue weighted by Crippen LogP contribution is 2.70. The predicted molar refractivity (Wildman–Crippen MR) is 214 cm³/mol. The molecule has 354 valence electrons. The predicted octanol–water partition coefficient (Wildman–Crippen LogP) is 0.214. The molecule has 5 saturated heterocycles. The fourth-order valence-corrected chi connectivity index (χ4v) is 14.0. The van der Waals surface area contributed by atoms with Crippen LogP contribution in [0.5, 0.6) is 0 Å². The number of fused-ring (bicyclic) bond motifs is 7. The van der Waals surface area contributed by atoms with Crippen LogP contribution in [0.15, 0.2) is 11.6 Å². The third-order valence-electron chi connectivity index (χ3n) is 17.7. The van der Waals surface area contributed by atoms with Gasteiger partial charge in [-0.15, -0.1) is 0 Å². The minimum Gasteiger partial charge on any atom is -0.394 e. The molecule has 4 aliphatic carbocycles. The number of rotatable bonds is 8. The Morgan fingerprint density at radius 2 is 1.34 bits per heavy atom. The monoisotopic (exact) mass is 884 g/mol. The number of ether oxygens (including phenoxy) is 8. The van der Waals surface area contributed by atoms with Crippen molar-refractivity contribution in [3.8, 4) is 0 Å². The average Bonchev–Trinajstić information content (AvgIpc) is 3.70. The first-order valence-corrected chi connectivity index (χ1v) is 23.4. The summed E-state index contributed by atoms with van der Waals surface area (Å²) in [6.07, 6.45) is -12.4. The van der Waals surface area contributed by atoms with Crippen LogP contribution in [0, 0.1) is 46.3 Å². The van der Waals surface area contributed by atoms with Crippen molar-refractivity contribution in [3.05, 3.63) is 11.6 Å². The summed E-state index contributed by atoms with van der Waals surface area (Å²) in [7, 11) is 0. The number of hydrogen-bond acceptors (Lipinski definition) is 17. The van der Waals surface area contributed by atoms with Crippen molar-refractivity contribution in [1.29, 1.82) is 0 Å². The Morgan fingerprint density at radius 3 is 2.03 bits per heavy atom. The van der Waals surface area contributed by atoms with Crippen molar-refractivity contribution < 1.29 is 83.9 Å². The largest absolute Gasteiger partial charge is 0.394 e. The highest BCUT2D eigenvalue weighted by Gasteiger charge is 2.69. The van der Waals surface area contributed by atoms with Gasteiger partial charge in [0.15, 0.2) is 24.7 Å². The van der Waals surface area contributed by atoms with E-state index in [4.69, 9.17) is 37.9 Å². The summed E-state index contributed by atoms with van der Waals surface area (Å²) in [6.45, 7) is 10.4. The maximum atomic E-state index is 11.6. The third-order valence-corrected chi connectivity index (χ3v) is 17.7. The molecule has 5 aliphatic heterocycles. The lowest BCUT2D eigenvalue weighted by Gasteiger charge is -2.59. The second kappa shape index (κ2) is 17.3. The molecular formula is C45H72O17. The molecule has 9 aliphatic rings. The maximum absolute atomic E-state index is 11.6. The van der Waals surface area contributed by atoms with E-state index in [2.05, 4.69) is 33.8 Å². The van der Waals surface area contributed by atoms with E-state index < -0.39 is 117 Å². The van der Waals surface area contributed by atoms with Crippen LogP contribution in [0.25, 0.3) is 0 Å². The Kier molecular flexibility index (Phi) is 12.9. The van der Waals surface area contributed by atoms with E-state index in [0.29, 0.717) is 48.3 Å². The van der Waals surface area contributed by atoms with Crippen LogP contribution in [-0.2, 0) is 37.9 Å². The molecule has 9 N–H and O–H groups in total. The summed E-state index contributed by atoms with van der Waals surface area (Å²) >= 11 is 0. The lowest BCUT2D eigenvalue weighted by atomic mass is 9.47. The molecule has 5 heterocycles. The van der Waals surface area contributed by atoms with Gasteiger partial charge in [-0.25, -0.2) is 0 Å². The molecule has 26 atom stereocenters. The van der Waals surface area contributed by atoms with Crippen molar-refractivity contribution in [3.63, 3.8) is 0 Å². The van der Waals surface area contributed by atoms with Gasteiger partial charge in [0.1, 0.15) is 67.1 Å².